The number of sulfonamides is 1. The molecule has 1 aromatic heterocycles. The molecule has 0 saturated carbocycles. The van der Waals surface area contributed by atoms with Gasteiger partial charge in [-0.3, -0.25) is 4.68 Å². The van der Waals surface area contributed by atoms with Gasteiger partial charge in [0.15, 0.2) is 5.82 Å². The molecular weight excluding hydrogens is 280 g/mol. The van der Waals surface area contributed by atoms with E-state index in [0.717, 1.165) is 6.42 Å². The third-order valence-corrected chi connectivity index (χ3v) is 6.09. The monoisotopic (exact) mass is 302 g/mol. The number of rotatable bonds is 3. The molecule has 1 aliphatic heterocycles. The van der Waals surface area contributed by atoms with Crippen LogP contribution in [-0.4, -0.2) is 48.8 Å². The summed E-state index contributed by atoms with van der Waals surface area (Å²) < 4.78 is 33.8. The van der Waals surface area contributed by atoms with Gasteiger partial charge in [0, 0.05) is 27.2 Å². The predicted octanol–water partition coefficient (Wildman–Crippen LogP) is 0.356. The summed E-state index contributed by atoms with van der Waals surface area (Å²) in [5, 5.41) is 3.98. The molecule has 114 valence electrons. The van der Waals surface area contributed by atoms with Crippen LogP contribution in [0, 0.1) is 12.8 Å². The standard InChI is InChI=1S/C12H22N4O3S/c1-8-5-6-16(7-10(8)19-4)20(17,18)11-9(2)15(3)14-12(11)13/h8,10H,5-7H2,1-4H3,(H2,13,14). The van der Waals surface area contributed by atoms with Crippen molar-refractivity contribution in [1.29, 1.82) is 0 Å². The Balaban J connectivity index is 2.36. The Morgan fingerprint density at radius 3 is 2.60 bits per heavy atom. The highest BCUT2D eigenvalue weighted by molar-refractivity contribution is 7.89. The van der Waals surface area contributed by atoms with Crippen molar-refractivity contribution in [3.8, 4) is 0 Å². The molecule has 0 amide bonds. The van der Waals surface area contributed by atoms with E-state index in [2.05, 4.69) is 12.0 Å². The van der Waals surface area contributed by atoms with Crippen molar-refractivity contribution >= 4 is 15.8 Å². The Morgan fingerprint density at radius 2 is 2.10 bits per heavy atom. The van der Waals surface area contributed by atoms with Crippen molar-refractivity contribution in [3.63, 3.8) is 0 Å². The van der Waals surface area contributed by atoms with Gasteiger partial charge in [-0.05, 0) is 19.3 Å². The maximum absolute atomic E-state index is 12.7. The number of aromatic nitrogens is 2. The Bertz CT molecular complexity index is 596. The highest BCUT2D eigenvalue weighted by atomic mass is 32.2. The van der Waals surface area contributed by atoms with Crippen molar-refractivity contribution < 1.29 is 13.2 Å². The summed E-state index contributed by atoms with van der Waals surface area (Å²) in [6.45, 7) is 4.61. The fraction of sp³-hybridized carbons (Fsp3) is 0.750. The number of aryl methyl sites for hydroxylation is 1. The second-order valence-corrected chi connectivity index (χ2v) is 7.20. The number of ether oxygens (including phenoxy) is 1. The van der Waals surface area contributed by atoms with Crippen molar-refractivity contribution in [2.24, 2.45) is 13.0 Å². The highest BCUT2D eigenvalue weighted by Crippen LogP contribution is 2.29. The average molecular weight is 302 g/mol. The van der Waals surface area contributed by atoms with Gasteiger partial charge in [-0.2, -0.15) is 9.40 Å². The number of methoxy groups -OCH3 is 1. The Hall–Kier alpha value is -1.12. The molecule has 20 heavy (non-hydrogen) atoms. The van der Waals surface area contributed by atoms with Crippen molar-refractivity contribution in [1.82, 2.24) is 14.1 Å². The van der Waals surface area contributed by atoms with E-state index < -0.39 is 10.0 Å². The summed E-state index contributed by atoms with van der Waals surface area (Å²) in [4.78, 5) is 0.115. The largest absolute Gasteiger partial charge is 0.381 e. The minimum atomic E-state index is -3.62. The summed E-state index contributed by atoms with van der Waals surface area (Å²) in [5.74, 6) is 0.399. The summed E-state index contributed by atoms with van der Waals surface area (Å²) in [6.07, 6.45) is 0.688. The van der Waals surface area contributed by atoms with Crippen LogP contribution in [0.15, 0.2) is 4.90 Å². The Kier molecular flexibility index (Phi) is 4.08. The van der Waals surface area contributed by atoms with Crippen LogP contribution in [0.2, 0.25) is 0 Å². The second-order valence-electron chi connectivity index (χ2n) is 5.33. The van der Waals surface area contributed by atoms with E-state index in [1.165, 1.54) is 8.99 Å². The molecule has 8 heteroatoms. The van der Waals surface area contributed by atoms with Gasteiger partial charge in [0.25, 0.3) is 0 Å². The molecule has 1 aromatic rings. The van der Waals surface area contributed by atoms with Crippen molar-refractivity contribution in [3.05, 3.63) is 5.69 Å². The molecule has 1 saturated heterocycles. The molecule has 1 aliphatic rings. The van der Waals surface area contributed by atoms with Crippen molar-refractivity contribution in [2.75, 3.05) is 25.9 Å². The van der Waals surface area contributed by atoms with Crippen LogP contribution in [0.1, 0.15) is 19.0 Å². The summed E-state index contributed by atoms with van der Waals surface area (Å²) in [5.41, 5.74) is 6.31. The zero-order valence-corrected chi connectivity index (χ0v) is 13.1. The Morgan fingerprint density at radius 1 is 1.45 bits per heavy atom. The lowest BCUT2D eigenvalue weighted by molar-refractivity contribution is 0.0184. The fourth-order valence-electron chi connectivity index (χ4n) is 2.59. The van der Waals surface area contributed by atoms with Gasteiger partial charge < -0.3 is 10.5 Å². The van der Waals surface area contributed by atoms with Gasteiger partial charge in [0.2, 0.25) is 10.0 Å². The van der Waals surface area contributed by atoms with E-state index in [0.29, 0.717) is 24.7 Å². The third-order valence-electron chi connectivity index (χ3n) is 4.06. The van der Waals surface area contributed by atoms with E-state index in [9.17, 15) is 8.42 Å². The highest BCUT2D eigenvalue weighted by Gasteiger charge is 2.36. The van der Waals surface area contributed by atoms with Gasteiger partial charge in [0.05, 0.1) is 11.8 Å². The minimum absolute atomic E-state index is 0.0533. The van der Waals surface area contributed by atoms with E-state index in [-0.39, 0.29) is 16.8 Å². The van der Waals surface area contributed by atoms with Crippen LogP contribution in [0.3, 0.4) is 0 Å². The van der Waals surface area contributed by atoms with Crippen LogP contribution in [0.4, 0.5) is 5.82 Å². The van der Waals surface area contributed by atoms with Crippen LogP contribution in [0.25, 0.3) is 0 Å². The van der Waals surface area contributed by atoms with Crippen LogP contribution < -0.4 is 5.73 Å². The zero-order chi connectivity index (χ0) is 15.1. The maximum atomic E-state index is 12.7. The van der Waals surface area contributed by atoms with E-state index in [1.807, 2.05) is 0 Å². The second kappa shape index (κ2) is 5.34. The molecule has 1 fully saturated rings. The zero-order valence-electron chi connectivity index (χ0n) is 12.3. The normalized spacial score (nSPS) is 25.0. The van der Waals surface area contributed by atoms with Gasteiger partial charge in [-0.25, -0.2) is 8.42 Å². The first kappa shape index (κ1) is 15.3. The number of anilines is 1. The first-order valence-electron chi connectivity index (χ1n) is 6.61. The lowest BCUT2D eigenvalue weighted by Crippen LogP contribution is -2.46. The number of nitrogens with zero attached hydrogens (tertiary/aromatic N) is 3. The molecule has 0 spiro atoms. The Labute approximate surface area is 119 Å². The van der Waals surface area contributed by atoms with Gasteiger partial charge in [-0.1, -0.05) is 6.92 Å². The molecule has 2 atom stereocenters. The van der Waals surface area contributed by atoms with E-state index >= 15 is 0 Å². The molecule has 7 nitrogen and oxygen atoms in total. The number of hydrogen-bond acceptors (Lipinski definition) is 5. The first-order valence-corrected chi connectivity index (χ1v) is 8.05. The summed E-state index contributed by atoms with van der Waals surface area (Å²) in [6, 6.07) is 0. The molecule has 2 unspecified atom stereocenters. The first-order chi connectivity index (χ1) is 9.28. The molecule has 0 bridgehead atoms. The van der Waals surface area contributed by atoms with E-state index in [1.54, 1.807) is 21.1 Å². The summed E-state index contributed by atoms with van der Waals surface area (Å²) in [7, 11) is -0.330. The quantitative estimate of drug-likeness (QED) is 0.870. The number of piperidine rings is 1. The van der Waals surface area contributed by atoms with Crippen LogP contribution >= 0.6 is 0 Å². The number of nitrogen functional groups attached to an aromatic ring is 1. The molecule has 2 heterocycles. The number of nitrogens with two attached hydrogens (primary N) is 1. The third kappa shape index (κ3) is 2.43. The SMILES string of the molecule is COC1CN(S(=O)(=O)c2c(N)nn(C)c2C)CCC1C. The predicted molar refractivity (Wildman–Crippen MR) is 75.7 cm³/mol. The van der Waals surface area contributed by atoms with Gasteiger partial charge >= 0.3 is 0 Å². The lowest BCUT2D eigenvalue weighted by Gasteiger charge is -2.35. The molecule has 2 N–H and O–H groups in total. The van der Waals surface area contributed by atoms with Gasteiger partial charge in [0.1, 0.15) is 4.90 Å². The number of hydrogen-bond donors (Lipinski definition) is 1. The minimum Gasteiger partial charge on any atom is -0.381 e. The van der Waals surface area contributed by atoms with E-state index in [4.69, 9.17) is 10.5 Å². The molecule has 2 rings (SSSR count). The van der Waals surface area contributed by atoms with Crippen LogP contribution in [0.5, 0.6) is 0 Å². The average Bonchev–Trinajstić information content (AvgIpc) is 2.63. The smallest absolute Gasteiger partial charge is 0.248 e. The topological polar surface area (TPSA) is 90.4 Å². The van der Waals surface area contributed by atoms with Crippen LogP contribution in [-0.2, 0) is 21.8 Å². The molecule has 0 aromatic carbocycles. The molecular formula is C12H22N4O3S. The molecule has 0 aliphatic carbocycles. The summed E-state index contributed by atoms with van der Waals surface area (Å²) >= 11 is 0. The fourth-order valence-corrected chi connectivity index (χ4v) is 4.35. The van der Waals surface area contributed by atoms with Gasteiger partial charge in [-0.15, -0.1) is 0 Å². The maximum Gasteiger partial charge on any atom is 0.248 e. The van der Waals surface area contributed by atoms with Crippen molar-refractivity contribution in [2.45, 2.75) is 31.3 Å². The lowest BCUT2D eigenvalue weighted by atomic mass is 9.97. The molecule has 0 radical (unpaired) electrons.